The Morgan fingerprint density at radius 2 is 1.85 bits per heavy atom. The molecule has 0 bridgehead atoms. The number of rotatable bonds is 5. The molecule has 1 unspecified atom stereocenters. The van der Waals surface area contributed by atoms with Gasteiger partial charge in [0.1, 0.15) is 0 Å². The van der Waals surface area contributed by atoms with E-state index in [2.05, 4.69) is 46.5 Å². The van der Waals surface area contributed by atoms with Gasteiger partial charge in [-0.3, -0.25) is 0 Å². The van der Waals surface area contributed by atoms with E-state index >= 15 is 0 Å². The maximum atomic E-state index is 2.45. The summed E-state index contributed by atoms with van der Waals surface area (Å²) >= 11 is 0. The quantitative estimate of drug-likeness (QED) is 0.565. The molecule has 1 heteroatoms. The highest BCUT2D eigenvalue weighted by atomic mass is 28.3. The van der Waals surface area contributed by atoms with Gasteiger partial charge in [-0.25, -0.2) is 0 Å². The van der Waals surface area contributed by atoms with Crippen molar-refractivity contribution in [3.63, 3.8) is 0 Å². The van der Waals surface area contributed by atoms with E-state index in [4.69, 9.17) is 0 Å². The second-order valence-corrected chi connectivity index (χ2v) is 10.3. The molecule has 0 saturated carbocycles. The lowest BCUT2D eigenvalue weighted by Gasteiger charge is -2.23. The molecule has 0 heterocycles. The lowest BCUT2D eigenvalue weighted by molar-refractivity contribution is 0.526. The van der Waals surface area contributed by atoms with Gasteiger partial charge in [0.05, 0.1) is 8.07 Å². The molecule has 1 atom stereocenters. The summed E-state index contributed by atoms with van der Waals surface area (Å²) in [6.45, 7) is 14.2. The van der Waals surface area contributed by atoms with Crippen molar-refractivity contribution >= 4 is 8.07 Å². The Bertz CT molecular complexity index is 162. The van der Waals surface area contributed by atoms with Crippen LogP contribution in [0.4, 0.5) is 0 Å². The minimum absolute atomic E-state index is 0.878. The van der Waals surface area contributed by atoms with Gasteiger partial charge in [-0.15, -0.1) is 0 Å². The van der Waals surface area contributed by atoms with E-state index in [1.165, 1.54) is 19.3 Å². The van der Waals surface area contributed by atoms with Crippen molar-refractivity contribution in [3.8, 4) is 0 Å². The highest BCUT2D eigenvalue weighted by molar-refractivity contribution is 6.83. The molecule has 0 fully saturated rings. The molecular formula is C12H26Si. The van der Waals surface area contributed by atoms with Crippen LogP contribution in [0.25, 0.3) is 0 Å². The van der Waals surface area contributed by atoms with Crippen molar-refractivity contribution < 1.29 is 0 Å². The van der Waals surface area contributed by atoms with Crippen LogP contribution in [0.5, 0.6) is 0 Å². The summed E-state index contributed by atoms with van der Waals surface area (Å²) in [5.41, 5.74) is 0. The van der Waals surface area contributed by atoms with Crippen molar-refractivity contribution in [3.05, 3.63) is 11.3 Å². The lowest BCUT2D eigenvalue weighted by Crippen LogP contribution is -2.25. The zero-order valence-electron chi connectivity index (χ0n) is 10.3. The summed E-state index contributed by atoms with van der Waals surface area (Å²) in [4.78, 5) is 0. The maximum absolute atomic E-state index is 2.45. The van der Waals surface area contributed by atoms with Gasteiger partial charge in [-0.05, 0) is 19.3 Å². The van der Waals surface area contributed by atoms with Crippen LogP contribution >= 0.6 is 0 Å². The Labute approximate surface area is 85.4 Å². The molecule has 0 aliphatic rings. The van der Waals surface area contributed by atoms with Crippen LogP contribution in [0.1, 0.15) is 40.0 Å². The van der Waals surface area contributed by atoms with Gasteiger partial charge in [0.25, 0.3) is 0 Å². The fourth-order valence-corrected chi connectivity index (χ4v) is 3.65. The molecule has 13 heavy (non-hydrogen) atoms. The smallest absolute Gasteiger partial charge is 0.0720 e. The van der Waals surface area contributed by atoms with Crippen LogP contribution in [0.15, 0.2) is 11.3 Å². The zero-order valence-corrected chi connectivity index (χ0v) is 11.3. The van der Waals surface area contributed by atoms with Crippen molar-refractivity contribution in [2.75, 3.05) is 0 Å². The van der Waals surface area contributed by atoms with Crippen molar-refractivity contribution in [2.24, 2.45) is 5.92 Å². The summed E-state index contributed by atoms with van der Waals surface area (Å²) in [6, 6.07) is 0. The molecule has 0 aromatic rings. The molecule has 0 amide bonds. The van der Waals surface area contributed by atoms with E-state index in [0.717, 1.165) is 5.92 Å². The van der Waals surface area contributed by atoms with Gasteiger partial charge in [-0.1, -0.05) is 57.6 Å². The monoisotopic (exact) mass is 198 g/mol. The first-order valence-electron chi connectivity index (χ1n) is 5.57. The average Bonchev–Trinajstić information content (AvgIpc) is 1.98. The highest BCUT2D eigenvalue weighted by Crippen LogP contribution is 2.24. The molecule has 0 radical (unpaired) electrons. The van der Waals surface area contributed by atoms with Gasteiger partial charge in [0, 0.05) is 0 Å². The maximum Gasteiger partial charge on any atom is 0.0720 e. The molecule has 0 aliphatic heterocycles. The Morgan fingerprint density at radius 3 is 2.15 bits per heavy atom. The molecule has 0 aromatic carbocycles. The Kier molecular flexibility index (Phi) is 5.62. The first-order chi connectivity index (χ1) is 5.91. The van der Waals surface area contributed by atoms with Crippen LogP contribution in [0, 0.1) is 5.92 Å². The van der Waals surface area contributed by atoms with E-state index < -0.39 is 8.07 Å². The van der Waals surface area contributed by atoms with Crippen molar-refractivity contribution in [2.45, 2.75) is 59.7 Å². The molecule has 0 N–H and O–H groups in total. The van der Waals surface area contributed by atoms with Gasteiger partial charge in [0.2, 0.25) is 0 Å². The molecule has 0 rings (SSSR count). The summed E-state index contributed by atoms with van der Waals surface area (Å²) in [6.07, 6.45) is 6.39. The summed E-state index contributed by atoms with van der Waals surface area (Å²) in [5.74, 6) is 0.878. The number of allylic oxidation sites excluding steroid dienone is 2. The average molecular weight is 198 g/mol. The lowest BCUT2D eigenvalue weighted by atomic mass is 10.0. The highest BCUT2D eigenvalue weighted by Gasteiger charge is 2.19. The van der Waals surface area contributed by atoms with E-state index in [1.54, 1.807) is 5.20 Å². The molecule has 78 valence electrons. The predicted octanol–water partition coefficient (Wildman–Crippen LogP) is 4.64. The fourth-order valence-electron chi connectivity index (χ4n) is 1.83. The van der Waals surface area contributed by atoms with E-state index in [9.17, 15) is 0 Å². The minimum Gasteiger partial charge on any atom is -0.0923 e. The molecular weight excluding hydrogens is 172 g/mol. The van der Waals surface area contributed by atoms with Crippen molar-refractivity contribution in [1.29, 1.82) is 0 Å². The SMILES string of the molecule is C/C=C(\CC(C)CCC)[Si](C)(C)C. The molecule has 0 spiro atoms. The second kappa shape index (κ2) is 5.64. The molecule has 0 aliphatic carbocycles. The summed E-state index contributed by atoms with van der Waals surface area (Å²) in [5, 5.41) is 1.74. The Hall–Kier alpha value is -0.0431. The third kappa shape index (κ3) is 5.30. The van der Waals surface area contributed by atoms with Crippen LogP contribution in [-0.4, -0.2) is 8.07 Å². The standard InChI is InChI=1S/C12H26Si/c1-7-9-11(3)10-12(8-2)13(4,5)6/h8,11H,7,9-10H2,1-6H3/b12-8+. The van der Waals surface area contributed by atoms with Crippen LogP contribution in [0.3, 0.4) is 0 Å². The van der Waals surface area contributed by atoms with Crippen molar-refractivity contribution in [1.82, 2.24) is 0 Å². The Morgan fingerprint density at radius 1 is 1.31 bits per heavy atom. The van der Waals surface area contributed by atoms with Crippen LogP contribution < -0.4 is 0 Å². The third-order valence-corrected chi connectivity index (χ3v) is 5.08. The van der Waals surface area contributed by atoms with Gasteiger partial charge < -0.3 is 0 Å². The summed E-state index contributed by atoms with van der Waals surface area (Å²) < 4.78 is 0. The van der Waals surface area contributed by atoms with E-state index in [1.807, 2.05) is 0 Å². The first kappa shape index (κ1) is 13.0. The molecule has 0 saturated heterocycles. The van der Waals surface area contributed by atoms with Crippen LogP contribution in [0.2, 0.25) is 19.6 Å². The normalized spacial score (nSPS) is 16.0. The second-order valence-electron chi connectivity index (χ2n) is 5.16. The number of hydrogen-bond donors (Lipinski definition) is 0. The predicted molar refractivity (Wildman–Crippen MR) is 65.8 cm³/mol. The molecule has 0 nitrogen and oxygen atoms in total. The summed E-state index contributed by atoms with van der Waals surface area (Å²) in [7, 11) is -1.02. The molecule has 0 aromatic heterocycles. The topological polar surface area (TPSA) is 0 Å². The number of hydrogen-bond acceptors (Lipinski definition) is 0. The van der Waals surface area contributed by atoms with E-state index in [-0.39, 0.29) is 0 Å². The first-order valence-corrected chi connectivity index (χ1v) is 9.07. The van der Waals surface area contributed by atoms with Gasteiger partial charge >= 0.3 is 0 Å². The fraction of sp³-hybridized carbons (Fsp3) is 0.833. The third-order valence-electron chi connectivity index (χ3n) is 2.66. The van der Waals surface area contributed by atoms with E-state index in [0.29, 0.717) is 0 Å². The Balaban J connectivity index is 4.16. The van der Waals surface area contributed by atoms with Gasteiger partial charge in [-0.2, -0.15) is 0 Å². The van der Waals surface area contributed by atoms with Crippen LogP contribution in [-0.2, 0) is 0 Å². The largest absolute Gasteiger partial charge is 0.0923 e. The zero-order chi connectivity index (χ0) is 10.5. The van der Waals surface area contributed by atoms with Gasteiger partial charge in [0.15, 0.2) is 0 Å². The minimum atomic E-state index is -1.02.